The molecule has 4 rings (SSSR count). The molecule has 2 aromatic heterocycles. The van der Waals surface area contributed by atoms with Crippen LogP contribution in [-0.4, -0.2) is 8.07 Å². The zero-order chi connectivity index (χ0) is 15.5. The summed E-state index contributed by atoms with van der Waals surface area (Å²) in [6.07, 6.45) is 0. The maximum Gasteiger partial charge on any atom is 0.181 e. The van der Waals surface area contributed by atoms with E-state index in [-0.39, 0.29) is 0 Å². The highest BCUT2D eigenvalue weighted by Crippen LogP contribution is 2.12. The summed E-state index contributed by atoms with van der Waals surface area (Å²) in [5.74, 6) is 0. The molecule has 2 heterocycles. The average Bonchev–Trinajstić information content (AvgIpc) is 3.32. The second kappa shape index (κ2) is 6.28. The highest BCUT2D eigenvalue weighted by atomic mass is 32.1. The van der Waals surface area contributed by atoms with Gasteiger partial charge in [0.05, 0.1) is 0 Å². The van der Waals surface area contributed by atoms with Crippen molar-refractivity contribution in [1.29, 1.82) is 0 Å². The van der Waals surface area contributed by atoms with E-state index in [1.165, 1.54) is 20.7 Å². The maximum atomic E-state index is 2.34. The molecule has 0 unspecified atom stereocenters. The second-order valence-corrected chi connectivity index (χ2v) is 10.9. The summed E-state index contributed by atoms with van der Waals surface area (Å²) in [4.78, 5) is 0. The molecule has 0 atom stereocenters. The summed E-state index contributed by atoms with van der Waals surface area (Å²) < 4.78 is 0. The SMILES string of the molecule is c1ccc([Si](c2ccccc2)(c2ccsc2)c2ccsc2)cc1. The van der Waals surface area contributed by atoms with Crippen molar-refractivity contribution in [1.82, 2.24) is 0 Å². The molecule has 0 aliphatic carbocycles. The highest BCUT2D eigenvalue weighted by molar-refractivity contribution is 7.24. The second-order valence-electron chi connectivity index (χ2n) is 5.51. The van der Waals surface area contributed by atoms with Crippen molar-refractivity contribution < 1.29 is 0 Å². The van der Waals surface area contributed by atoms with Gasteiger partial charge in [0, 0.05) is 0 Å². The van der Waals surface area contributed by atoms with E-state index >= 15 is 0 Å². The maximum absolute atomic E-state index is 2.34. The largest absolute Gasteiger partial charge is 0.181 e. The van der Waals surface area contributed by atoms with E-state index in [9.17, 15) is 0 Å². The lowest BCUT2D eigenvalue weighted by atomic mass is 10.4. The van der Waals surface area contributed by atoms with Crippen LogP contribution in [0.3, 0.4) is 0 Å². The van der Waals surface area contributed by atoms with Crippen molar-refractivity contribution in [2.45, 2.75) is 0 Å². The normalized spacial score (nSPS) is 11.5. The van der Waals surface area contributed by atoms with Gasteiger partial charge in [0.15, 0.2) is 8.07 Å². The molecule has 3 heteroatoms. The van der Waals surface area contributed by atoms with Crippen LogP contribution >= 0.6 is 22.7 Å². The highest BCUT2D eigenvalue weighted by Gasteiger charge is 2.41. The van der Waals surface area contributed by atoms with Crippen LogP contribution in [0.2, 0.25) is 0 Å². The molecule has 4 aromatic rings. The van der Waals surface area contributed by atoms with Crippen LogP contribution in [0, 0.1) is 0 Å². The third kappa shape index (κ3) is 2.41. The van der Waals surface area contributed by atoms with Crippen LogP contribution in [-0.2, 0) is 0 Å². The van der Waals surface area contributed by atoms with Crippen LogP contribution in [0.15, 0.2) is 94.3 Å². The Morgan fingerprint density at radius 1 is 0.478 bits per heavy atom. The fourth-order valence-corrected chi connectivity index (χ4v) is 10.5. The number of benzene rings is 2. The van der Waals surface area contributed by atoms with Gasteiger partial charge in [0.25, 0.3) is 0 Å². The Kier molecular flexibility index (Phi) is 4.00. The van der Waals surface area contributed by atoms with E-state index in [1.807, 2.05) is 0 Å². The van der Waals surface area contributed by atoms with Gasteiger partial charge >= 0.3 is 0 Å². The Bertz CT molecular complexity index is 775. The lowest BCUT2D eigenvalue weighted by molar-refractivity contribution is 1.71. The van der Waals surface area contributed by atoms with Gasteiger partial charge in [-0.05, 0) is 42.3 Å². The summed E-state index contributed by atoms with van der Waals surface area (Å²) >= 11 is 3.58. The third-order valence-electron chi connectivity index (χ3n) is 4.32. The summed E-state index contributed by atoms with van der Waals surface area (Å²) in [6, 6.07) is 26.7. The van der Waals surface area contributed by atoms with E-state index in [4.69, 9.17) is 0 Å². The number of hydrogen-bond donors (Lipinski definition) is 0. The van der Waals surface area contributed by atoms with Crippen molar-refractivity contribution >= 4 is 51.5 Å². The van der Waals surface area contributed by atoms with Gasteiger partial charge in [0.1, 0.15) is 0 Å². The molecule has 0 radical (unpaired) electrons. The van der Waals surface area contributed by atoms with E-state index in [0.29, 0.717) is 0 Å². The van der Waals surface area contributed by atoms with Crippen LogP contribution < -0.4 is 20.7 Å². The fourth-order valence-electron chi connectivity index (χ4n) is 3.33. The Morgan fingerprint density at radius 3 is 1.26 bits per heavy atom. The Labute approximate surface area is 145 Å². The van der Waals surface area contributed by atoms with Crippen LogP contribution in [0.5, 0.6) is 0 Å². The summed E-state index contributed by atoms with van der Waals surface area (Å²) in [5, 5.41) is 14.9. The molecule has 0 fully saturated rings. The van der Waals surface area contributed by atoms with E-state index in [1.54, 1.807) is 22.7 Å². The molecule has 0 N–H and O–H groups in total. The average molecular weight is 349 g/mol. The predicted octanol–water partition coefficient (Wildman–Crippen LogP) is 3.19. The zero-order valence-corrected chi connectivity index (χ0v) is 15.2. The van der Waals surface area contributed by atoms with Gasteiger partial charge in [-0.3, -0.25) is 0 Å². The third-order valence-corrected chi connectivity index (χ3v) is 10.9. The molecule has 0 nitrogen and oxygen atoms in total. The molecular weight excluding hydrogens is 332 g/mol. The first-order valence-corrected chi connectivity index (χ1v) is 11.5. The lowest BCUT2D eigenvalue weighted by Gasteiger charge is -2.32. The van der Waals surface area contributed by atoms with Crippen LogP contribution in [0.4, 0.5) is 0 Å². The van der Waals surface area contributed by atoms with Gasteiger partial charge in [0.2, 0.25) is 0 Å². The van der Waals surface area contributed by atoms with Crippen molar-refractivity contribution in [3.05, 3.63) is 94.3 Å². The van der Waals surface area contributed by atoms with E-state index < -0.39 is 8.07 Å². The summed E-state index contributed by atoms with van der Waals surface area (Å²) in [7, 11) is -2.17. The Hall–Kier alpha value is -1.94. The first kappa shape index (κ1) is 14.6. The molecule has 112 valence electrons. The summed E-state index contributed by atoms with van der Waals surface area (Å²) in [6.45, 7) is 0. The molecule has 0 saturated carbocycles. The lowest BCUT2D eigenvalue weighted by Crippen LogP contribution is -2.74. The van der Waals surface area contributed by atoms with Crippen LogP contribution in [0.25, 0.3) is 0 Å². The van der Waals surface area contributed by atoms with Gasteiger partial charge in [-0.1, -0.05) is 72.8 Å². The number of thiophene rings is 2. The predicted molar refractivity (Wildman–Crippen MR) is 106 cm³/mol. The first-order valence-electron chi connectivity index (χ1n) is 7.59. The molecular formula is C20H16S2Si. The minimum absolute atomic E-state index is 1.45. The molecule has 0 aliphatic rings. The van der Waals surface area contributed by atoms with Crippen molar-refractivity contribution in [2.24, 2.45) is 0 Å². The summed E-state index contributed by atoms with van der Waals surface area (Å²) in [5.41, 5.74) is 0. The zero-order valence-electron chi connectivity index (χ0n) is 12.6. The Morgan fingerprint density at radius 2 is 0.913 bits per heavy atom. The van der Waals surface area contributed by atoms with Crippen molar-refractivity contribution in [3.63, 3.8) is 0 Å². The monoisotopic (exact) mass is 348 g/mol. The van der Waals surface area contributed by atoms with Crippen LogP contribution in [0.1, 0.15) is 0 Å². The minimum atomic E-state index is -2.17. The molecule has 0 saturated heterocycles. The van der Waals surface area contributed by atoms with Gasteiger partial charge in [-0.2, -0.15) is 22.7 Å². The first-order chi connectivity index (χ1) is 11.4. The van der Waals surface area contributed by atoms with Crippen molar-refractivity contribution in [3.8, 4) is 0 Å². The molecule has 0 spiro atoms. The van der Waals surface area contributed by atoms with Gasteiger partial charge < -0.3 is 0 Å². The molecule has 23 heavy (non-hydrogen) atoms. The molecule has 0 aliphatic heterocycles. The van der Waals surface area contributed by atoms with Gasteiger partial charge in [-0.25, -0.2) is 0 Å². The van der Waals surface area contributed by atoms with E-state index in [2.05, 4.69) is 94.3 Å². The molecule has 2 aromatic carbocycles. The fraction of sp³-hybridized carbons (Fsp3) is 0. The van der Waals surface area contributed by atoms with Gasteiger partial charge in [-0.15, -0.1) is 0 Å². The molecule has 0 bridgehead atoms. The number of rotatable bonds is 4. The van der Waals surface area contributed by atoms with Crippen molar-refractivity contribution in [2.75, 3.05) is 0 Å². The minimum Gasteiger partial charge on any atom is -0.153 e. The standard InChI is InChI=1S/C20H16S2Si/c1-3-7-17(8-4-1)23(19-11-13-21-15-19,20-12-14-22-16-20)18-9-5-2-6-10-18/h1-16H. The number of hydrogen-bond acceptors (Lipinski definition) is 2. The smallest absolute Gasteiger partial charge is 0.153 e. The quantitative estimate of drug-likeness (QED) is 0.497. The van der Waals surface area contributed by atoms with E-state index in [0.717, 1.165) is 0 Å². The molecule has 0 amide bonds. The topological polar surface area (TPSA) is 0 Å². The Balaban J connectivity index is 2.11.